The summed E-state index contributed by atoms with van der Waals surface area (Å²) < 4.78 is 31.6. The molecule has 81 valence electrons. The SMILES string of the molecule is CC(C)OC1=C(C#N)C=C(F)[CH]C1(F)Cl. The molecule has 1 radical (unpaired) electrons. The lowest BCUT2D eigenvalue weighted by atomic mass is 10.0. The van der Waals surface area contributed by atoms with Gasteiger partial charge in [0.1, 0.15) is 11.9 Å². The number of nitrogens with zero attached hydrogens (tertiary/aromatic N) is 1. The van der Waals surface area contributed by atoms with Crippen molar-refractivity contribution in [3.05, 3.63) is 29.7 Å². The normalized spacial score (nSPS) is 26.3. The number of nitriles is 1. The van der Waals surface area contributed by atoms with E-state index in [1.807, 2.05) is 0 Å². The first-order valence-corrected chi connectivity index (χ1v) is 4.67. The second-order valence-electron chi connectivity index (χ2n) is 3.32. The Hall–Kier alpha value is -1.08. The minimum absolute atomic E-state index is 0.235. The van der Waals surface area contributed by atoms with E-state index in [2.05, 4.69) is 0 Å². The fourth-order valence-electron chi connectivity index (χ4n) is 1.12. The molecule has 1 atom stereocenters. The zero-order valence-corrected chi connectivity index (χ0v) is 8.98. The molecule has 0 amide bonds. The van der Waals surface area contributed by atoms with Gasteiger partial charge in [-0.1, -0.05) is 11.6 Å². The summed E-state index contributed by atoms with van der Waals surface area (Å²) in [7, 11) is 0. The van der Waals surface area contributed by atoms with Crippen LogP contribution in [0.5, 0.6) is 0 Å². The number of rotatable bonds is 2. The summed E-state index contributed by atoms with van der Waals surface area (Å²) in [5, 5.41) is 6.10. The van der Waals surface area contributed by atoms with Crippen molar-refractivity contribution in [1.82, 2.24) is 0 Å². The Labute approximate surface area is 91.8 Å². The van der Waals surface area contributed by atoms with E-state index in [4.69, 9.17) is 21.6 Å². The molecule has 0 aromatic carbocycles. The van der Waals surface area contributed by atoms with E-state index in [1.54, 1.807) is 19.9 Å². The van der Waals surface area contributed by atoms with Gasteiger partial charge >= 0.3 is 0 Å². The zero-order chi connectivity index (χ0) is 11.6. The van der Waals surface area contributed by atoms with Gasteiger partial charge in [0.25, 0.3) is 5.13 Å². The second-order valence-corrected chi connectivity index (χ2v) is 3.87. The van der Waals surface area contributed by atoms with E-state index in [-0.39, 0.29) is 17.4 Å². The highest BCUT2D eigenvalue weighted by Gasteiger charge is 2.41. The van der Waals surface area contributed by atoms with Crippen LogP contribution in [0.25, 0.3) is 0 Å². The van der Waals surface area contributed by atoms with E-state index in [9.17, 15) is 8.78 Å². The monoisotopic (exact) mass is 232 g/mol. The molecule has 2 nitrogen and oxygen atoms in total. The average molecular weight is 233 g/mol. The number of hydrogen-bond acceptors (Lipinski definition) is 2. The van der Waals surface area contributed by atoms with Crippen molar-refractivity contribution >= 4 is 11.6 Å². The summed E-state index contributed by atoms with van der Waals surface area (Å²) in [5.41, 5.74) is -0.235. The summed E-state index contributed by atoms with van der Waals surface area (Å²) >= 11 is 5.41. The molecule has 0 aliphatic heterocycles. The van der Waals surface area contributed by atoms with Gasteiger partial charge in [0, 0.05) is 0 Å². The highest BCUT2D eigenvalue weighted by molar-refractivity contribution is 6.26. The molecular formula is C10H9ClF2NO. The van der Waals surface area contributed by atoms with Crippen molar-refractivity contribution in [2.24, 2.45) is 0 Å². The predicted molar refractivity (Wildman–Crippen MR) is 52.0 cm³/mol. The topological polar surface area (TPSA) is 33.0 Å². The first-order chi connectivity index (χ1) is 6.86. The Morgan fingerprint density at radius 1 is 1.60 bits per heavy atom. The standard InChI is InChI=1S/C10H9ClF2NO/c1-6(2)15-9-7(5-14)3-8(12)4-10(9,11)13/h3-4,6H,1-2H3. The Morgan fingerprint density at radius 2 is 2.20 bits per heavy atom. The zero-order valence-electron chi connectivity index (χ0n) is 8.22. The fraction of sp³-hybridized carbons (Fsp3) is 0.400. The Morgan fingerprint density at radius 3 is 2.67 bits per heavy atom. The lowest BCUT2D eigenvalue weighted by Crippen LogP contribution is -2.27. The van der Waals surface area contributed by atoms with Gasteiger partial charge in [0.15, 0.2) is 5.76 Å². The van der Waals surface area contributed by atoms with Crippen LogP contribution in [-0.2, 0) is 4.74 Å². The Balaban J connectivity index is 3.16. The van der Waals surface area contributed by atoms with Crippen molar-refractivity contribution < 1.29 is 13.5 Å². The number of hydrogen-bond donors (Lipinski definition) is 0. The first kappa shape index (κ1) is 12.0. The van der Waals surface area contributed by atoms with Gasteiger partial charge < -0.3 is 4.74 Å². The maximum absolute atomic E-state index is 13.7. The van der Waals surface area contributed by atoms with Gasteiger partial charge in [-0.15, -0.1) is 0 Å². The molecule has 0 bridgehead atoms. The molecule has 0 spiro atoms. The lowest BCUT2D eigenvalue weighted by Gasteiger charge is -2.26. The van der Waals surface area contributed by atoms with Crippen LogP contribution in [0.15, 0.2) is 23.2 Å². The second kappa shape index (κ2) is 4.19. The van der Waals surface area contributed by atoms with Crippen molar-refractivity contribution in [3.63, 3.8) is 0 Å². The highest BCUT2D eigenvalue weighted by Crippen LogP contribution is 2.40. The van der Waals surface area contributed by atoms with Crippen LogP contribution >= 0.6 is 11.6 Å². The summed E-state index contributed by atoms with van der Waals surface area (Å²) in [5.74, 6) is -1.25. The van der Waals surface area contributed by atoms with Crippen LogP contribution in [-0.4, -0.2) is 11.2 Å². The van der Waals surface area contributed by atoms with Gasteiger partial charge in [0.2, 0.25) is 0 Å². The number of allylic oxidation sites excluding steroid dienone is 4. The van der Waals surface area contributed by atoms with Crippen molar-refractivity contribution in [2.45, 2.75) is 25.1 Å². The minimum atomic E-state index is -2.59. The number of halogens is 3. The molecule has 0 aromatic rings. The molecule has 1 aliphatic rings. The van der Waals surface area contributed by atoms with Crippen LogP contribution in [0.1, 0.15) is 13.8 Å². The quantitative estimate of drug-likeness (QED) is 0.685. The number of alkyl halides is 2. The predicted octanol–water partition coefficient (Wildman–Crippen LogP) is 3.16. The molecule has 0 N–H and O–H groups in total. The molecule has 0 aromatic heterocycles. The highest BCUT2D eigenvalue weighted by atomic mass is 35.5. The molecule has 0 heterocycles. The molecule has 0 saturated carbocycles. The molecule has 15 heavy (non-hydrogen) atoms. The molecule has 1 aliphatic carbocycles. The van der Waals surface area contributed by atoms with Gasteiger partial charge in [-0.25, -0.2) is 8.78 Å². The summed E-state index contributed by atoms with van der Waals surface area (Å²) in [4.78, 5) is 0. The Kier molecular flexibility index (Phi) is 3.35. The Bertz CT molecular complexity index is 366. The summed E-state index contributed by atoms with van der Waals surface area (Å²) in [6.07, 6.45) is 1.10. The van der Waals surface area contributed by atoms with Gasteiger partial charge in [0.05, 0.1) is 18.1 Å². The molecule has 1 rings (SSSR count). The molecule has 5 heteroatoms. The van der Waals surface area contributed by atoms with Crippen LogP contribution in [0.4, 0.5) is 8.78 Å². The van der Waals surface area contributed by atoms with Crippen molar-refractivity contribution in [3.8, 4) is 6.07 Å². The van der Waals surface area contributed by atoms with Crippen LogP contribution < -0.4 is 0 Å². The maximum atomic E-state index is 13.7. The van der Waals surface area contributed by atoms with E-state index < -0.39 is 11.0 Å². The largest absolute Gasteiger partial charge is 0.489 e. The van der Waals surface area contributed by atoms with E-state index in [0.29, 0.717) is 6.42 Å². The maximum Gasteiger partial charge on any atom is 0.251 e. The summed E-state index contributed by atoms with van der Waals surface area (Å²) in [6, 6.07) is 1.64. The van der Waals surface area contributed by atoms with Crippen LogP contribution in [0.2, 0.25) is 0 Å². The third kappa shape index (κ3) is 2.69. The molecule has 1 unspecified atom stereocenters. The smallest absolute Gasteiger partial charge is 0.251 e. The first-order valence-electron chi connectivity index (χ1n) is 4.29. The number of ether oxygens (including phenoxy) is 1. The third-order valence-electron chi connectivity index (χ3n) is 1.62. The van der Waals surface area contributed by atoms with E-state index >= 15 is 0 Å². The molecule has 0 fully saturated rings. The van der Waals surface area contributed by atoms with Gasteiger partial charge in [-0.2, -0.15) is 5.26 Å². The van der Waals surface area contributed by atoms with Crippen LogP contribution in [0.3, 0.4) is 0 Å². The van der Waals surface area contributed by atoms with Gasteiger partial charge in [-0.05, 0) is 19.9 Å². The minimum Gasteiger partial charge on any atom is -0.489 e. The van der Waals surface area contributed by atoms with E-state index in [0.717, 1.165) is 6.08 Å². The lowest BCUT2D eigenvalue weighted by molar-refractivity contribution is 0.0985. The third-order valence-corrected chi connectivity index (χ3v) is 1.90. The summed E-state index contributed by atoms with van der Waals surface area (Å²) in [6.45, 7) is 3.31. The van der Waals surface area contributed by atoms with Gasteiger partial charge in [-0.3, -0.25) is 0 Å². The average Bonchev–Trinajstić information content (AvgIpc) is 2.07. The molecular weight excluding hydrogens is 224 g/mol. The van der Waals surface area contributed by atoms with E-state index in [1.165, 1.54) is 0 Å². The van der Waals surface area contributed by atoms with Crippen molar-refractivity contribution in [1.29, 1.82) is 5.26 Å². The fourth-order valence-corrected chi connectivity index (χ4v) is 1.37. The van der Waals surface area contributed by atoms with Crippen LogP contribution in [0, 0.1) is 17.8 Å². The molecule has 0 saturated heterocycles. The van der Waals surface area contributed by atoms with Crippen molar-refractivity contribution in [2.75, 3.05) is 0 Å².